The van der Waals surface area contributed by atoms with Gasteiger partial charge in [0.05, 0.1) is 5.69 Å². The third-order valence-corrected chi connectivity index (χ3v) is 7.41. The molecule has 9 heteroatoms. The number of carbonyl (C=O) groups excluding carboxylic acids is 3. The van der Waals surface area contributed by atoms with Gasteiger partial charge in [-0.25, -0.2) is 4.98 Å². The van der Waals surface area contributed by atoms with Crippen molar-refractivity contribution in [2.24, 2.45) is 5.73 Å². The van der Waals surface area contributed by atoms with Crippen molar-refractivity contribution in [1.29, 1.82) is 0 Å². The second kappa shape index (κ2) is 8.37. The van der Waals surface area contributed by atoms with Crippen molar-refractivity contribution in [1.82, 2.24) is 19.2 Å². The molecule has 2 fully saturated rings. The molecule has 3 amide bonds. The number of primary amides is 1. The monoisotopic (exact) mass is 431 g/mol. The van der Waals surface area contributed by atoms with Crippen LogP contribution < -0.4 is 5.73 Å². The largest absolute Gasteiger partial charge is 0.368 e. The lowest BCUT2D eigenvalue weighted by Gasteiger charge is -2.32. The van der Waals surface area contributed by atoms with E-state index < -0.39 is 11.9 Å². The molecule has 4 rings (SSSR count). The standard InChI is InChI=1S/C21H29N5O3S/c1-13-12-30-21-19(23-14(2)26(13)21)15-5-3-9-24(11-15)17(27)7-8-18(28)25-10-4-6-16(25)20(22)29/h12,15-16H,3-11H2,1-2H3,(H2,22,29)/t15-,16+/m0/s1. The van der Waals surface area contributed by atoms with Gasteiger partial charge in [0, 0.05) is 49.5 Å². The number of carbonyl (C=O) groups is 3. The predicted molar refractivity (Wildman–Crippen MR) is 114 cm³/mol. The summed E-state index contributed by atoms with van der Waals surface area (Å²) in [6, 6.07) is -0.521. The number of hydrogen-bond acceptors (Lipinski definition) is 5. The fourth-order valence-electron chi connectivity index (χ4n) is 4.83. The molecule has 2 aliphatic heterocycles. The third-order valence-electron chi connectivity index (χ3n) is 6.34. The maximum Gasteiger partial charge on any atom is 0.240 e. The van der Waals surface area contributed by atoms with Crippen molar-refractivity contribution in [3.63, 3.8) is 0 Å². The number of amides is 3. The quantitative estimate of drug-likeness (QED) is 0.782. The minimum atomic E-state index is -0.521. The van der Waals surface area contributed by atoms with Gasteiger partial charge in [0.2, 0.25) is 17.7 Å². The second-order valence-corrected chi connectivity index (χ2v) is 9.25. The van der Waals surface area contributed by atoms with Crippen molar-refractivity contribution in [3.05, 3.63) is 22.6 Å². The summed E-state index contributed by atoms with van der Waals surface area (Å²) < 4.78 is 2.19. The third kappa shape index (κ3) is 3.82. The van der Waals surface area contributed by atoms with Crippen LogP contribution in [0.4, 0.5) is 0 Å². The Labute approximate surface area is 180 Å². The number of aryl methyl sites for hydroxylation is 2. The summed E-state index contributed by atoms with van der Waals surface area (Å²) >= 11 is 1.70. The van der Waals surface area contributed by atoms with E-state index in [1.165, 1.54) is 10.5 Å². The summed E-state index contributed by atoms with van der Waals surface area (Å²) in [6.45, 7) is 6.01. The molecule has 2 atom stereocenters. The molecule has 2 aliphatic rings. The second-order valence-electron chi connectivity index (χ2n) is 8.39. The van der Waals surface area contributed by atoms with Gasteiger partial charge in [-0.3, -0.25) is 18.8 Å². The molecule has 0 aliphatic carbocycles. The highest BCUT2D eigenvalue weighted by atomic mass is 32.1. The molecule has 0 spiro atoms. The zero-order valence-electron chi connectivity index (χ0n) is 17.6. The van der Waals surface area contributed by atoms with Gasteiger partial charge in [-0.2, -0.15) is 0 Å². The normalized spacial score (nSPS) is 22.1. The minimum Gasteiger partial charge on any atom is -0.368 e. The van der Waals surface area contributed by atoms with E-state index in [4.69, 9.17) is 10.7 Å². The Hall–Kier alpha value is -2.42. The molecular formula is C21H29N5O3S. The molecule has 162 valence electrons. The maximum absolute atomic E-state index is 12.8. The zero-order valence-corrected chi connectivity index (χ0v) is 18.4. The summed E-state index contributed by atoms with van der Waals surface area (Å²) in [5.41, 5.74) is 7.67. The lowest BCUT2D eigenvalue weighted by atomic mass is 9.95. The first-order chi connectivity index (χ1) is 14.4. The highest BCUT2D eigenvalue weighted by molar-refractivity contribution is 7.15. The summed E-state index contributed by atoms with van der Waals surface area (Å²) in [6.07, 6.45) is 3.64. The molecule has 30 heavy (non-hydrogen) atoms. The summed E-state index contributed by atoms with van der Waals surface area (Å²) in [5.74, 6) is 0.591. The summed E-state index contributed by atoms with van der Waals surface area (Å²) in [7, 11) is 0. The van der Waals surface area contributed by atoms with Gasteiger partial charge in [0.15, 0.2) is 0 Å². The van der Waals surface area contributed by atoms with Crippen molar-refractivity contribution in [2.45, 2.75) is 64.3 Å². The fraction of sp³-hybridized carbons (Fsp3) is 0.619. The van der Waals surface area contributed by atoms with Crippen molar-refractivity contribution < 1.29 is 14.4 Å². The van der Waals surface area contributed by atoms with E-state index in [0.29, 0.717) is 19.5 Å². The van der Waals surface area contributed by atoms with E-state index in [1.54, 1.807) is 16.2 Å². The SMILES string of the molecule is Cc1csc2c([C@H]3CCCN(C(=O)CCC(=O)N4CCC[C@@H]4C(N)=O)C3)nc(C)n12. The molecule has 2 saturated heterocycles. The molecule has 0 aromatic carbocycles. The van der Waals surface area contributed by atoms with Gasteiger partial charge < -0.3 is 15.5 Å². The first kappa shape index (κ1) is 20.8. The first-order valence-corrected chi connectivity index (χ1v) is 11.5. The summed E-state index contributed by atoms with van der Waals surface area (Å²) in [5, 5.41) is 2.14. The number of imidazole rings is 1. The summed E-state index contributed by atoms with van der Waals surface area (Å²) in [4.78, 5) is 46.3. The van der Waals surface area contributed by atoms with Gasteiger partial charge in [0.1, 0.15) is 16.7 Å². The number of fused-ring (bicyclic) bond motifs is 1. The van der Waals surface area contributed by atoms with Crippen LogP contribution in [0.3, 0.4) is 0 Å². The van der Waals surface area contributed by atoms with Gasteiger partial charge in [-0.05, 0) is 39.5 Å². The molecule has 0 radical (unpaired) electrons. The predicted octanol–water partition coefficient (Wildman–Crippen LogP) is 1.98. The van der Waals surface area contributed by atoms with Crippen LogP contribution in [0.2, 0.25) is 0 Å². The topological polar surface area (TPSA) is 101 Å². The van der Waals surface area contributed by atoms with Crippen molar-refractivity contribution in [2.75, 3.05) is 19.6 Å². The molecular weight excluding hydrogens is 402 g/mol. The van der Waals surface area contributed by atoms with E-state index in [9.17, 15) is 14.4 Å². The van der Waals surface area contributed by atoms with Crippen LogP contribution in [-0.4, -0.2) is 62.6 Å². The number of thiazole rings is 1. The molecule has 0 saturated carbocycles. The Kier molecular flexibility index (Phi) is 5.81. The number of nitrogens with two attached hydrogens (primary N) is 1. The Bertz CT molecular complexity index is 981. The van der Waals surface area contributed by atoms with Crippen LogP contribution in [0, 0.1) is 13.8 Å². The lowest BCUT2D eigenvalue weighted by Crippen LogP contribution is -2.44. The molecule has 0 unspecified atom stereocenters. The van der Waals surface area contributed by atoms with Gasteiger partial charge in [-0.1, -0.05) is 0 Å². The highest BCUT2D eigenvalue weighted by Gasteiger charge is 2.33. The highest BCUT2D eigenvalue weighted by Crippen LogP contribution is 2.33. The van der Waals surface area contributed by atoms with E-state index in [-0.39, 0.29) is 30.6 Å². The number of rotatable bonds is 5. The van der Waals surface area contributed by atoms with Crippen LogP contribution in [0.15, 0.2) is 5.38 Å². The molecule has 0 bridgehead atoms. The average Bonchev–Trinajstić information content (AvgIpc) is 3.44. The van der Waals surface area contributed by atoms with Crippen LogP contribution in [0.25, 0.3) is 4.83 Å². The van der Waals surface area contributed by atoms with Crippen molar-refractivity contribution in [3.8, 4) is 0 Å². The van der Waals surface area contributed by atoms with Gasteiger partial charge in [-0.15, -0.1) is 11.3 Å². The zero-order chi connectivity index (χ0) is 21.4. The van der Waals surface area contributed by atoms with E-state index >= 15 is 0 Å². The Morgan fingerprint density at radius 1 is 1.13 bits per heavy atom. The minimum absolute atomic E-state index is 0.00240. The Balaban J connectivity index is 1.38. The number of nitrogens with zero attached hydrogens (tertiary/aromatic N) is 4. The molecule has 4 heterocycles. The molecule has 2 aromatic heterocycles. The number of aromatic nitrogens is 2. The average molecular weight is 432 g/mol. The maximum atomic E-state index is 12.8. The van der Waals surface area contributed by atoms with Crippen LogP contribution in [0.1, 0.15) is 61.7 Å². The van der Waals surface area contributed by atoms with E-state index in [1.807, 2.05) is 11.8 Å². The first-order valence-electron chi connectivity index (χ1n) is 10.7. The molecule has 2 aromatic rings. The Morgan fingerprint density at radius 2 is 1.87 bits per heavy atom. The number of piperidine rings is 1. The van der Waals surface area contributed by atoms with E-state index in [2.05, 4.69) is 16.7 Å². The van der Waals surface area contributed by atoms with Gasteiger partial charge >= 0.3 is 0 Å². The van der Waals surface area contributed by atoms with Crippen LogP contribution >= 0.6 is 11.3 Å². The number of hydrogen-bond donors (Lipinski definition) is 1. The fourth-order valence-corrected chi connectivity index (χ4v) is 5.93. The van der Waals surface area contributed by atoms with Crippen molar-refractivity contribution >= 4 is 33.9 Å². The number of likely N-dealkylation sites (tertiary alicyclic amines) is 2. The molecule has 2 N–H and O–H groups in total. The van der Waals surface area contributed by atoms with Gasteiger partial charge in [0.25, 0.3) is 0 Å². The van der Waals surface area contributed by atoms with E-state index in [0.717, 1.165) is 37.3 Å². The van der Waals surface area contributed by atoms with Crippen LogP contribution in [-0.2, 0) is 14.4 Å². The van der Waals surface area contributed by atoms with Crippen LogP contribution in [0.5, 0.6) is 0 Å². The lowest BCUT2D eigenvalue weighted by molar-refractivity contribution is -0.140. The molecule has 8 nitrogen and oxygen atoms in total. The Morgan fingerprint density at radius 3 is 2.63 bits per heavy atom. The smallest absolute Gasteiger partial charge is 0.240 e.